The van der Waals surface area contributed by atoms with Crippen LogP contribution in [0.1, 0.15) is 45.9 Å². The van der Waals surface area contributed by atoms with Crippen LogP contribution in [0.2, 0.25) is 0 Å². The Labute approximate surface area is 175 Å². The van der Waals surface area contributed by atoms with Crippen LogP contribution in [0.25, 0.3) is 0 Å². The zero-order valence-corrected chi connectivity index (χ0v) is 18.0. The SMILES string of the molecule is COCCNC(=O)c1cn(CCC(C)C)cc(C(=O)NCCc2cccs2)c1=O. The van der Waals surface area contributed by atoms with Crippen LogP contribution in [0.3, 0.4) is 0 Å². The van der Waals surface area contributed by atoms with Crippen LogP contribution in [-0.4, -0.2) is 43.2 Å². The van der Waals surface area contributed by atoms with E-state index < -0.39 is 17.2 Å². The van der Waals surface area contributed by atoms with Crippen molar-refractivity contribution >= 4 is 23.2 Å². The third-order valence-corrected chi connectivity index (χ3v) is 5.30. The van der Waals surface area contributed by atoms with Gasteiger partial charge in [-0.25, -0.2) is 0 Å². The van der Waals surface area contributed by atoms with Crippen LogP contribution in [0, 0.1) is 5.92 Å². The number of pyridine rings is 1. The molecule has 0 saturated carbocycles. The van der Waals surface area contributed by atoms with Gasteiger partial charge in [0.15, 0.2) is 0 Å². The van der Waals surface area contributed by atoms with E-state index in [0.717, 1.165) is 11.3 Å². The summed E-state index contributed by atoms with van der Waals surface area (Å²) < 4.78 is 6.67. The lowest BCUT2D eigenvalue weighted by Crippen LogP contribution is -2.36. The highest BCUT2D eigenvalue weighted by Crippen LogP contribution is 2.09. The summed E-state index contributed by atoms with van der Waals surface area (Å²) in [5.41, 5.74) is -0.607. The van der Waals surface area contributed by atoms with Gasteiger partial charge in [0, 0.05) is 44.0 Å². The number of carbonyl (C=O) groups excluding carboxylic acids is 2. The lowest BCUT2D eigenvalue weighted by molar-refractivity contribution is 0.0935. The van der Waals surface area contributed by atoms with E-state index in [1.54, 1.807) is 15.9 Å². The highest BCUT2D eigenvalue weighted by Gasteiger charge is 2.19. The first-order valence-corrected chi connectivity index (χ1v) is 10.6. The third-order valence-electron chi connectivity index (χ3n) is 4.36. The number of carbonyl (C=O) groups is 2. The van der Waals surface area contributed by atoms with Crippen molar-refractivity contribution in [3.8, 4) is 0 Å². The molecule has 0 aliphatic rings. The molecule has 2 amide bonds. The Morgan fingerprint density at radius 3 is 2.34 bits per heavy atom. The van der Waals surface area contributed by atoms with Crippen LogP contribution in [0.4, 0.5) is 0 Å². The smallest absolute Gasteiger partial charge is 0.256 e. The molecule has 8 heteroatoms. The first-order valence-electron chi connectivity index (χ1n) is 9.74. The molecule has 0 atom stereocenters. The molecule has 2 rings (SSSR count). The zero-order chi connectivity index (χ0) is 21.2. The second-order valence-electron chi connectivity index (χ2n) is 7.17. The van der Waals surface area contributed by atoms with E-state index in [-0.39, 0.29) is 17.7 Å². The average molecular weight is 420 g/mol. The van der Waals surface area contributed by atoms with E-state index >= 15 is 0 Å². The number of aromatic nitrogens is 1. The Bertz CT molecular complexity index is 859. The monoisotopic (exact) mass is 419 g/mol. The molecule has 0 spiro atoms. The third kappa shape index (κ3) is 7.14. The quantitative estimate of drug-likeness (QED) is 0.547. The molecule has 0 aliphatic heterocycles. The van der Waals surface area contributed by atoms with E-state index in [0.29, 0.717) is 32.0 Å². The van der Waals surface area contributed by atoms with Crippen LogP contribution in [0.5, 0.6) is 0 Å². The molecule has 0 aromatic carbocycles. The maximum absolute atomic E-state index is 12.8. The molecule has 158 valence electrons. The van der Waals surface area contributed by atoms with Crippen LogP contribution in [0.15, 0.2) is 34.7 Å². The maximum Gasteiger partial charge on any atom is 0.256 e. The van der Waals surface area contributed by atoms with E-state index in [1.807, 2.05) is 17.5 Å². The van der Waals surface area contributed by atoms with Crippen LogP contribution in [-0.2, 0) is 17.7 Å². The van der Waals surface area contributed by atoms with Gasteiger partial charge in [0.1, 0.15) is 11.1 Å². The largest absolute Gasteiger partial charge is 0.383 e. The minimum absolute atomic E-state index is 0.0145. The predicted octanol–water partition coefficient (Wildman–Crippen LogP) is 2.30. The summed E-state index contributed by atoms with van der Waals surface area (Å²) in [6, 6.07) is 3.96. The second kappa shape index (κ2) is 11.5. The minimum atomic E-state index is -0.561. The standard InChI is InChI=1S/C21H29N3O4S/c1-15(2)7-10-24-13-17(20(26)22-8-6-16-5-4-12-29-16)19(25)18(14-24)21(27)23-9-11-28-3/h4-5,12-15H,6-11H2,1-3H3,(H,22,26)(H,23,27). The number of ether oxygens (including phenoxy) is 1. The number of nitrogens with one attached hydrogen (secondary N) is 2. The van der Waals surface area contributed by atoms with Gasteiger partial charge in [-0.1, -0.05) is 19.9 Å². The lowest BCUT2D eigenvalue weighted by Gasteiger charge is -2.13. The maximum atomic E-state index is 12.8. The van der Waals surface area contributed by atoms with Gasteiger partial charge in [-0.15, -0.1) is 11.3 Å². The van der Waals surface area contributed by atoms with E-state index in [2.05, 4.69) is 24.5 Å². The fraction of sp³-hybridized carbons (Fsp3) is 0.476. The summed E-state index contributed by atoms with van der Waals surface area (Å²) >= 11 is 1.62. The Hall–Kier alpha value is -2.45. The van der Waals surface area contributed by atoms with E-state index in [9.17, 15) is 14.4 Å². The van der Waals surface area contributed by atoms with Crippen molar-refractivity contribution in [2.24, 2.45) is 5.92 Å². The summed E-state index contributed by atoms with van der Waals surface area (Å²) in [4.78, 5) is 39.1. The molecule has 0 radical (unpaired) electrons. The van der Waals surface area contributed by atoms with Crippen molar-refractivity contribution in [3.05, 3.63) is 56.1 Å². The topological polar surface area (TPSA) is 89.4 Å². The molecule has 0 saturated heterocycles. The van der Waals surface area contributed by atoms with Gasteiger partial charge >= 0.3 is 0 Å². The van der Waals surface area contributed by atoms with E-state index in [4.69, 9.17) is 4.74 Å². The number of rotatable bonds is 11. The normalized spacial score (nSPS) is 10.9. The van der Waals surface area contributed by atoms with Crippen molar-refractivity contribution in [1.29, 1.82) is 0 Å². The number of aryl methyl sites for hydroxylation is 1. The molecule has 2 aromatic rings. The summed E-state index contributed by atoms with van der Waals surface area (Å²) in [5, 5.41) is 7.43. The van der Waals surface area contributed by atoms with Crippen LogP contribution < -0.4 is 16.1 Å². The predicted molar refractivity (Wildman–Crippen MR) is 115 cm³/mol. The molecule has 7 nitrogen and oxygen atoms in total. The van der Waals surface area contributed by atoms with Crippen molar-refractivity contribution < 1.29 is 14.3 Å². The Morgan fingerprint density at radius 1 is 1.14 bits per heavy atom. The molecule has 0 aliphatic carbocycles. The molecule has 0 unspecified atom stereocenters. The molecular weight excluding hydrogens is 390 g/mol. The number of amides is 2. The van der Waals surface area contributed by atoms with Gasteiger partial charge in [0.25, 0.3) is 11.8 Å². The first-order chi connectivity index (χ1) is 13.9. The molecule has 0 fully saturated rings. The van der Waals surface area contributed by atoms with Crippen molar-refractivity contribution in [3.63, 3.8) is 0 Å². The Kier molecular flexibility index (Phi) is 9.08. The van der Waals surface area contributed by atoms with Crippen LogP contribution >= 0.6 is 11.3 Å². The number of nitrogens with zero attached hydrogens (tertiary/aromatic N) is 1. The van der Waals surface area contributed by atoms with Gasteiger partial charge in [-0.05, 0) is 30.2 Å². The number of thiophene rings is 1. The van der Waals surface area contributed by atoms with Crippen molar-refractivity contribution in [2.75, 3.05) is 26.8 Å². The summed E-state index contributed by atoms with van der Waals surface area (Å²) in [5.74, 6) is -0.508. The molecule has 29 heavy (non-hydrogen) atoms. The van der Waals surface area contributed by atoms with Crippen molar-refractivity contribution in [2.45, 2.75) is 33.2 Å². The van der Waals surface area contributed by atoms with Crippen molar-refractivity contribution in [1.82, 2.24) is 15.2 Å². The first kappa shape index (κ1) is 22.8. The summed E-state index contributed by atoms with van der Waals surface area (Å²) in [6.07, 6.45) is 4.63. The average Bonchev–Trinajstić information content (AvgIpc) is 3.20. The molecule has 2 aromatic heterocycles. The molecule has 0 bridgehead atoms. The summed E-state index contributed by atoms with van der Waals surface area (Å²) in [7, 11) is 1.53. The highest BCUT2D eigenvalue weighted by atomic mass is 32.1. The second-order valence-corrected chi connectivity index (χ2v) is 8.20. The Balaban J connectivity index is 2.19. The fourth-order valence-electron chi connectivity index (χ4n) is 2.70. The minimum Gasteiger partial charge on any atom is -0.383 e. The van der Waals surface area contributed by atoms with Gasteiger partial charge < -0.3 is 19.9 Å². The summed E-state index contributed by atoms with van der Waals surface area (Å²) in [6.45, 7) is 5.87. The molecule has 2 N–H and O–H groups in total. The zero-order valence-electron chi connectivity index (χ0n) is 17.2. The molecule has 2 heterocycles. The van der Waals surface area contributed by atoms with Gasteiger partial charge in [0.05, 0.1) is 6.61 Å². The number of hydrogen-bond donors (Lipinski definition) is 2. The van der Waals surface area contributed by atoms with E-state index in [1.165, 1.54) is 19.5 Å². The number of hydrogen-bond acceptors (Lipinski definition) is 5. The van der Waals surface area contributed by atoms with Gasteiger partial charge in [-0.2, -0.15) is 0 Å². The van der Waals surface area contributed by atoms with Gasteiger partial charge in [0.2, 0.25) is 5.43 Å². The Morgan fingerprint density at radius 2 is 1.79 bits per heavy atom. The van der Waals surface area contributed by atoms with Gasteiger partial charge in [-0.3, -0.25) is 14.4 Å². The fourth-order valence-corrected chi connectivity index (χ4v) is 3.41. The molecular formula is C21H29N3O4S. The highest BCUT2D eigenvalue weighted by molar-refractivity contribution is 7.09. The lowest BCUT2D eigenvalue weighted by atomic mass is 10.1. The number of methoxy groups -OCH3 is 1.